The minimum atomic E-state index is -0.870. The highest BCUT2D eigenvalue weighted by atomic mass is 79.9. The van der Waals surface area contributed by atoms with Gasteiger partial charge in [0.1, 0.15) is 23.4 Å². The second kappa shape index (κ2) is 16.9. The van der Waals surface area contributed by atoms with Crippen molar-refractivity contribution in [3.05, 3.63) is 113 Å². The fourth-order valence-electron chi connectivity index (χ4n) is 5.52. The molecule has 47 heavy (non-hydrogen) atoms. The van der Waals surface area contributed by atoms with E-state index in [0.717, 1.165) is 60.6 Å². The van der Waals surface area contributed by atoms with Crippen LogP contribution < -0.4 is 24.4 Å². The molecule has 0 saturated carbocycles. The van der Waals surface area contributed by atoms with Crippen molar-refractivity contribution in [2.24, 2.45) is 0 Å². The number of carboxylic acid groups (broad SMARTS) is 1. The van der Waals surface area contributed by atoms with E-state index in [1.807, 2.05) is 42.5 Å². The van der Waals surface area contributed by atoms with Crippen LogP contribution in [-0.2, 0) is 4.79 Å². The normalized spacial score (nSPS) is 13.9. The summed E-state index contributed by atoms with van der Waals surface area (Å²) in [5.41, 5.74) is 3.22. The van der Waals surface area contributed by atoms with E-state index < -0.39 is 5.97 Å². The van der Waals surface area contributed by atoms with Gasteiger partial charge in [-0.05, 0) is 72.6 Å². The van der Waals surface area contributed by atoms with Crippen LogP contribution in [-0.4, -0.2) is 68.3 Å². The van der Waals surface area contributed by atoms with Crippen molar-refractivity contribution in [1.29, 1.82) is 0 Å². The number of rotatable bonds is 15. The summed E-state index contributed by atoms with van der Waals surface area (Å²) in [6.07, 6.45) is 1.04. The molecule has 0 bridgehead atoms. The molecule has 1 atom stereocenters. The van der Waals surface area contributed by atoms with Gasteiger partial charge in [0.2, 0.25) is 0 Å². The molecule has 1 saturated heterocycles. The summed E-state index contributed by atoms with van der Waals surface area (Å²) in [7, 11) is 1.71. The Hall–Kier alpha value is -4.54. The van der Waals surface area contributed by atoms with Gasteiger partial charge in [-0.2, -0.15) is 0 Å². The Kier molecular flexibility index (Phi) is 12.1. The smallest absolute Gasteiger partial charge is 0.303 e. The number of carbonyl (C=O) groups is 2. The molecule has 1 heterocycles. The number of nitrogens with zero attached hydrogens (tertiary/aromatic N) is 2. The number of ether oxygens (including phenoxy) is 3. The van der Waals surface area contributed by atoms with Crippen LogP contribution in [0.1, 0.15) is 41.3 Å². The lowest BCUT2D eigenvalue weighted by atomic mass is 10.1. The topological polar surface area (TPSA) is 101 Å². The summed E-state index contributed by atoms with van der Waals surface area (Å²) in [6, 6.07) is 30.6. The van der Waals surface area contributed by atoms with Crippen molar-refractivity contribution >= 4 is 39.2 Å². The van der Waals surface area contributed by atoms with Gasteiger partial charge in [0.25, 0.3) is 5.91 Å². The molecule has 246 valence electrons. The molecule has 0 radical (unpaired) electrons. The third-order valence-corrected chi connectivity index (χ3v) is 8.60. The third kappa shape index (κ3) is 9.73. The molecular formula is C37H40BrN3O6. The predicted octanol–water partition coefficient (Wildman–Crippen LogP) is 7.29. The average molecular weight is 703 g/mol. The van der Waals surface area contributed by atoms with Crippen molar-refractivity contribution < 1.29 is 28.9 Å². The molecule has 0 spiro atoms. The molecule has 1 unspecified atom stereocenters. The Morgan fingerprint density at radius 1 is 0.872 bits per heavy atom. The molecule has 9 nitrogen and oxygen atoms in total. The lowest BCUT2D eigenvalue weighted by Gasteiger charge is -2.37. The van der Waals surface area contributed by atoms with Crippen molar-refractivity contribution in [3.63, 3.8) is 0 Å². The molecule has 1 amide bonds. The highest BCUT2D eigenvalue weighted by Gasteiger charge is 2.22. The molecule has 10 heteroatoms. The number of anilines is 2. The number of methoxy groups -OCH3 is 1. The van der Waals surface area contributed by atoms with Gasteiger partial charge < -0.3 is 29.5 Å². The van der Waals surface area contributed by atoms with Gasteiger partial charge in [-0.3, -0.25) is 14.5 Å². The summed E-state index contributed by atoms with van der Waals surface area (Å²) in [5.74, 6) is 0.916. The molecule has 4 aromatic rings. The van der Waals surface area contributed by atoms with E-state index in [1.165, 1.54) is 0 Å². The predicted molar refractivity (Wildman–Crippen MR) is 187 cm³/mol. The SMILES string of the molecule is COc1ccccc1N1CCN(CCC(Oc2ccc(C(=O)Nc3ccccc3OCCCC(=O)O)cc2)c2ccc(Br)cc2)CC1. The number of nitrogens with one attached hydrogen (secondary N) is 1. The Morgan fingerprint density at radius 2 is 1.55 bits per heavy atom. The molecule has 1 aliphatic heterocycles. The van der Waals surface area contributed by atoms with E-state index in [1.54, 1.807) is 43.5 Å². The van der Waals surface area contributed by atoms with Crippen LogP contribution in [0.3, 0.4) is 0 Å². The summed E-state index contributed by atoms with van der Waals surface area (Å²) < 4.78 is 18.8. The van der Waals surface area contributed by atoms with E-state index in [0.29, 0.717) is 29.2 Å². The van der Waals surface area contributed by atoms with Gasteiger partial charge in [-0.1, -0.05) is 52.3 Å². The fraction of sp³-hybridized carbons (Fsp3) is 0.297. The number of benzene rings is 4. The van der Waals surface area contributed by atoms with Crippen LogP contribution in [0.5, 0.6) is 17.2 Å². The van der Waals surface area contributed by atoms with E-state index in [-0.39, 0.29) is 25.0 Å². The van der Waals surface area contributed by atoms with Gasteiger partial charge in [0.05, 0.1) is 25.1 Å². The number of para-hydroxylation sites is 4. The third-order valence-electron chi connectivity index (χ3n) is 8.07. The van der Waals surface area contributed by atoms with Crippen molar-refractivity contribution in [2.45, 2.75) is 25.4 Å². The zero-order valence-electron chi connectivity index (χ0n) is 26.4. The molecule has 5 rings (SSSR count). The van der Waals surface area contributed by atoms with Crippen molar-refractivity contribution in [3.8, 4) is 17.2 Å². The van der Waals surface area contributed by atoms with E-state index >= 15 is 0 Å². The number of halogens is 1. The molecule has 0 aromatic heterocycles. The Morgan fingerprint density at radius 3 is 2.26 bits per heavy atom. The number of aliphatic carboxylic acids is 1. The van der Waals surface area contributed by atoms with Gasteiger partial charge in [0.15, 0.2) is 0 Å². The molecule has 2 N–H and O–H groups in total. The Balaban J connectivity index is 1.18. The van der Waals surface area contributed by atoms with Crippen molar-refractivity contribution in [1.82, 2.24) is 4.90 Å². The summed E-state index contributed by atoms with van der Waals surface area (Å²) in [6.45, 7) is 4.88. The summed E-state index contributed by atoms with van der Waals surface area (Å²) in [5, 5.41) is 11.8. The maximum atomic E-state index is 13.1. The second-order valence-corrected chi connectivity index (χ2v) is 12.2. The Bertz CT molecular complexity index is 1610. The number of piperazine rings is 1. The van der Waals surface area contributed by atoms with Gasteiger partial charge >= 0.3 is 5.97 Å². The number of hydrogen-bond donors (Lipinski definition) is 2. The monoisotopic (exact) mass is 701 g/mol. The number of amides is 1. The first-order valence-electron chi connectivity index (χ1n) is 15.8. The molecule has 1 aliphatic rings. The standard InChI is InChI=1S/C37H40BrN3O6/c1-45-35-10-5-3-8-32(35)41-24-22-40(23-25-41)21-20-33(27-12-16-29(38)17-13-27)47-30-18-14-28(15-19-30)37(44)39-31-7-2-4-9-34(31)46-26-6-11-36(42)43/h2-5,7-10,12-19,33H,6,11,20-26H2,1H3,(H,39,44)(H,42,43). The molecule has 4 aromatic carbocycles. The number of carboxylic acids is 1. The number of carbonyl (C=O) groups excluding carboxylic acids is 1. The highest BCUT2D eigenvalue weighted by Crippen LogP contribution is 2.30. The zero-order chi connectivity index (χ0) is 33.0. The van der Waals surface area contributed by atoms with Crippen LogP contribution in [0.15, 0.2) is 102 Å². The minimum Gasteiger partial charge on any atom is -0.495 e. The second-order valence-electron chi connectivity index (χ2n) is 11.3. The number of hydrogen-bond acceptors (Lipinski definition) is 7. The zero-order valence-corrected chi connectivity index (χ0v) is 28.0. The van der Waals surface area contributed by atoms with Crippen LogP contribution >= 0.6 is 15.9 Å². The summed E-state index contributed by atoms with van der Waals surface area (Å²) >= 11 is 3.54. The quantitative estimate of drug-likeness (QED) is 0.125. The fourth-order valence-corrected chi connectivity index (χ4v) is 5.78. The van der Waals surface area contributed by atoms with Gasteiger partial charge in [0, 0.05) is 55.6 Å². The maximum Gasteiger partial charge on any atom is 0.303 e. The maximum absolute atomic E-state index is 13.1. The first-order chi connectivity index (χ1) is 22.9. The highest BCUT2D eigenvalue weighted by molar-refractivity contribution is 9.10. The van der Waals surface area contributed by atoms with Gasteiger partial charge in [-0.15, -0.1) is 0 Å². The van der Waals surface area contributed by atoms with E-state index in [2.05, 4.69) is 49.2 Å². The average Bonchev–Trinajstić information content (AvgIpc) is 3.10. The van der Waals surface area contributed by atoms with Crippen LogP contribution in [0.25, 0.3) is 0 Å². The first-order valence-corrected chi connectivity index (χ1v) is 16.6. The molecule has 0 aliphatic carbocycles. The van der Waals surface area contributed by atoms with Crippen LogP contribution in [0.4, 0.5) is 11.4 Å². The lowest BCUT2D eigenvalue weighted by molar-refractivity contribution is -0.137. The Labute approximate surface area is 284 Å². The summed E-state index contributed by atoms with van der Waals surface area (Å²) in [4.78, 5) is 28.7. The molecular weight excluding hydrogens is 662 g/mol. The van der Waals surface area contributed by atoms with Crippen LogP contribution in [0, 0.1) is 0 Å². The first kappa shape index (κ1) is 33.8. The van der Waals surface area contributed by atoms with Gasteiger partial charge in [-0.25, -0.2) is 0 Å². The lowest BCUT2D eigenvalue weighted by Crippen LogP contribution is -2.47. The molecule has 1 fully saturated rings. The van der Waals surface area contributed by atoms with E-state index in [9.17, 15) is 9.59 Å². The van der Waals surface area contributed by atoms with Crippen LogP contribution in [0.2, 0.25) is 0 Å². The minimum absolute atomic E-state index is 0.0212. The van der Waals surface area contributed by atoms with Crippen molar-refractivity contribution in [2.75, 3.05) is 56.7 Å². The largest absolute Gasteiger partial charge is 0.495 e. The van der Waals surface area contributed by atoms with E-state index in [4.69, 9.17) is 19.3 Å².